The van der Waals surface area contributed by atoms with Gasteiger partial charge in [-0.15, -0.1) is 0 Å². The summed E-state index contributed by atoms with van der Waals surface area (Å²) in [5.74, 6) is -1.54. The van der Waals surface area contributed by atoms with Gasteiger partial charge in [-0.05, 0) is 43.3 Å². The average Bonchev–Trinajstić information content (AvgIpc) is 2.54. The van der Waals surface area contributed by atoms with Crippen LogP contribution < -0.4 is 4.74 Å². The molecule has 0 bridgehead atoms. The predicted octanol–water partition coefficient (Wildman–Crippen LogP) is 2.82. The second kappa shape index (κ2) is 7.96. The molecule has 0 aliphatic heterocycles. The molecule has 2 aromatic carbocycles. The summed E-state index contributed by atoms with van der Waals surface area (Å²) in [6.07, 6.45) is -1.17. The lowest BCUT2D eigenvalue weighted by atomic mass is 10.2. The van der Waals surface area contributed by atoms with E-state index in [-0.39, 0.29) is 11.3 Å². The van der Waals surface area contributed by atoms with Crippen LogP contribution in [0.5, 0.6) is 17.2 Å². The molecular weight excluding hydrogens is 328 g/mol. The summed E-state index contributed by atoms with van der Waals surface area (Å²) in [5.41, 5.74) is 0.131. The number of rotatable bonds is 5. The molecular formula is C18H16O7. The number of esters is 3. The van der Waals surface area contributed by atoms with E-state index in [2.05, 4.69) is 9.47 Å². The van der Waals surface area contributed by atoms with E-state index in [1.807, 2.05) is 0 Å². The molecule has 0 amide bonds. The van der Waals surface area contributed by atoms with Crippen molar-refractivity contribution in [1.82, 2.24) is 0 Å². The number of ether oxygens (including phenoxy) is 3. The molecule has 0 fully saturated rings. The molecule has 130 valence electrons. The zero-order chi connectivity index (χ0) is 18.4. The summed E-state index contributed by atoms with van der Waals surface area (Å²) >= 11 is 0. The fourth-order valence-corrected chi connectivity index (χ4v) is 1.87. The van der Waals surface area contributed by atoms with Crippen LogP contribution in [0.2, 0.25) is 0 Å². The van der Waals surface area contributed by atoms with E-state index in [9.17, 15) is 19.5 Å². The molecule has 1 atom stereocenters. The van der Waals surface area contributed by atoms with Crippen LogP contribution in [0.3, 0.4) is 0 Å². The third-order valence-electron chi connectivity index (χ3n) is 3.01. The fourth-order valence-electron chi connectivity index (χ4n) is 1.87. The van der Waals surface area contributed by atoms with Gasteiger partial charge in [0, 0.05) is 13.0 Å². The fraction of sp³-hybridized carbons (Fsp3) is 0.167. The Hall–Kier alpha value is -3.35. The van der Waals surface area contributed by atoms with Gasteiger partial charge in [0.2, 0.25) is 0 Å². The van der Waals surface area contributed by atoms with Crippen molar-refractivity contribution in [1.29, 1.82) is 0 Å². The van der Waals surface area contributed by atoms with Crippen LogP contribution in [-0.2, 0) is 19.1 Å². The molecule has 0 saturated heterocycles. The molecule has 0 saturated carbocycles. The summed E-state index contributed by atoms with van der Waals surface area (Å²) in [5, 5.41) is 9.39. The monoisotopic (exact) mass is 344 g/mol. The van der Waals surface area contributed by atoms with Crippen molar-refractivity contribution in [2.75, 3.05) is 0 Å². The van der Waals surface area contributed by atoms with E-state index in [1.165, 1.54) is 43.3 Å². The number of hydrogen-bond donors (Lipinski definition) is 1. The van der Waals surface area contributed by atoms with Crippen molar-refractivity contribution in [3.63, 3.8) is 0 Å². The minimum atomic E-state index is -1.17. The Morgan fingerprint density at radius 1 is 1.00 bits per heavy atom. The SMILES string of the molecule is CC(=O)OC(C)C(=O)OC(=O)c1ccc(Oc2cccc(O)c2)cc1. The Kier molecular flexibility index (Phi) is 5.73. The Balaban J connectivity index is 1.98. The van der Waals surface area contributed by atoms with Crippen molar-refractivity contribution in [3.8, 4) is 17.2 Å². The van der Waals surface area contributed by atoms with E-state index >= 15 is 0 Å². The van der Waals surface area contributed by atoms with E-state index in [4.69, 9.17) is 4.74 Å². The first-order valence-corrected chi connectivity index (χ1v) is 7.35. The molecule has 0 aromatic heterocycles. The molecule has 7 nitrogen and oxygen atoms in total. The minimum Gasteiger partial charge on any atom is -0.508 e. The lowest BCUT2D eigenvalue weighted by Gasteiger charge is -2.10. The van der Waals surface area contributed by atoms with Crippen LogP contribution in [0, 0.1) is 0 Å². The second-order valence-electron chi connectivity index (χ2n) is 5.08. The molecule has 2 rings (SSSR count). The zero-order valence-corrected chi connectivity index (χ0v) is 13.6. The molecule has 0 heterocycles. The summed E-state index contributed by atoms with van der Waals surface area (Å²) in [7, 11) is 0. The molecule has 7 heteroatoms. The second-order valence-corrected chi connectivity index (χ2v) is 5.08. The highest BCUT2D eigenvalue weighted by Crippen LogP contribution is 2.24. The van der Waals surface area contributed by atoms with Crippen LogP contribution in [-0.4, -0.2) is 29.1 Å². The first kappa shape index (κ1) is 18.0. The maximum Gasteiger partial charge on any atom is 0.355 e. The molecule has 25 heavy (non-hydrogen) atoms. The topological polar surface area (TPSA) is 99.1 Å². The number of carbonyl (C=O) groups is 3. The minimum absolute atomic E-state index is 0.0677. The highest BCUT2D eigenvalue weighted by Gasteiger charge is 2.21. The van der Waals surface area contributed by atoms with Gasteiger partial charge in [0.25, 0.3) is 0 Å². The van der Waals surface area contributed by atoms with Crippen molar-refractivity contribution >= 4 is 17.9 Å². The van der Waals surface area contributed by atoms with Crippen molar-refractivity contribution in [2.45, 2.75) is 20.0 Å². The Morgan fingerprint density at radius 3 is 2.28 bits per heavy atom. The van der Waals surface area contributed by atoms with Crippen molar-refractivity contribution in [3.05, 3.63) is 54.1 Å². The van der Waals surface area contributed by atoms with Gasteiger partial charge in [-0.1, -0.05) is 6.07 Å². The maximum absolute atomic E-state index is 11.9. The summed E-state index contributed by atoms with van der Waals surface area (Å²) < 4.78 is 14.8. The number of phenolic OH excluding ortho intramolecular Hbond substituents is 1. The number of carbonyl (C=O) groups excluding carboxylic acids is 3. The van der Waals surface area contributed by atoms with E-state index in [0.29, 0.717) is 11.5 Å². The molecule has 0 aliphatic carbocycles. The Morgan fingerprint density at radius 2 is 1.68 bits per heavy atom. The third-order valence-corrected chi connectivity index (χ3v) is 3.01. The van der Waals surface area contributed by atoms with Crippen molar-refractivity contribution in [2.24, 2.45) is 0 Å². The van der Waals surface area contributed by atoms with Gasteiger partial charge in [-0.3, -0.25) is 4.79 Å². The van der Waals surface area contributed by atoms with Crippen LogP contribution in [0.1, 0.15) is 24.2 Å². The van der Waals surface area contributed by atoms with E-state index < -0.39 is 24.0 Å². The first-order valence-electron chi connectivity index (χ1n) is 7.35. The molecule has 2 aromatic rings. The molecule has 0 radical (unpaired) electrons. The van der Waals surface area contributed by atoms with Crippen molar-refractivity contribution < 1.29 is 33.7 Å². The predicted molar refractivity (Wildman–Crippen MR) is 86.3 cm³/mol. The van der Waals surface area contributed by atoms with Crippen LogP contribution in [0.4, 0.5) is 0 Å². The average molecular weight is 344 g/mol. The lowest BCUT2D eigenvalue weighted by molar-refractivity contribution is -0.161. The van der Waals surface area contributed by atoms with Gasteiger partial charge in [-0.25, -0.2) is 9.59 Å². The summed E-state index contributed by atoms with van der Waals surface area (Å²) in [4.78, 5) is 34.3. The third kappa shape index (κ3) is 5.35. The van der Waals surface area contributed by atoms with Crippen LogP contribution >= 0.6 is 0 Å². The molecule has 1 unspecified atom stereocenters. The van der Waals surface area contributed by atoms with Gasteiger partial charge >= 0.3 is 17.9 Å². The number of aromatic hydroxyl groups is 1. The quantitative estimate of drug-likeness (QED) is 0.657. The van der Waals surface area contributed by atoms with Crippen LogP contribution in [0.15, 0.2) is 48.5 Å². The zero-order valence-electron chi connectivity index (χ0n) is 13.6. The molecule has 0 spiro atoms. The van der Waals surface area contributed by atoms with Gasteiger partial charge in [0.05, 0.1) is 5.56 Å². The molecule has 0 aliphatic rings. The maximum atomic E-state index is 11.9. The number of phenols is 1. The number of hydrogen-bond acceptors (Lipinski definition) is 7. The Bertz CT molecular complexity index is 780. The first-order chi connectivity index (χ1) is 11.8. The molecule has 1 N–H and O–H groups in total. The largest absolute Gasteiger partial charge is 0.508 e. The lowest BCUT2D eigenvalue weighted by Crippen LogP contribution is -2.27. The van der Waals surface area contributed by atoms with Gasteiger partial charge in [-0.2, -0.15) is 0 Å². The summed E-state index contributed by atoms with van der Waals surface area (Å²) in [6.45, 7) is 2.46. The van der Waals surface area contributed by atoms with E-state index in [1.54, 1.807) is 12.1 Å². The normalized spacial score (nSPS) is 11.3. The van der Waals surface area contributed by atoms with Crippen LogP contribution in [0.25, 0.3) is 0 Å². The van der Waals surface area contributed by atoms with Gasteiger partial charge < -0.3 is 19.3 Å². The highest BCUT2D eigenvalue weighted by atomic mass is 16.6. The van der Waals surface area contributed by atoms with E-state index in [0.717, 1.165) is 6.92 Å². The van der Waals surface area contributed by atoms with Gasteiger partial charge in [0.15, 0.2) is 6.10 Å². The smallest absolute Gasteiger partial charge is 0.355 e. The standard InChI is InChI=1S/C18H16O7/c1-11(23-12(2)19)17(21)25-18(22)13-6-8-15(9-7-13)24-16-5-3-4-14(20)10-16/h3-11,20H,1-2H3. The highest BCUT2D eigenvalue weighted by molar-refractivity contribution is 5.98. The summed E-state index contributed by atoms with van der Waals surface area (Å²) in [6, 6.07) is 12.1. The Labute approximate surface area is 143 Å². The number of benzene rings is 2. The van der Waals surface area contributed by atoms with Gasteiger partial charge in [0.1, 0.15) is 17.2 Å².